The smallest absolute Gasteiger partial charge is 0.241 e. The quantitative estimate of drug-likeness (QED) is 0.812. The summed E-state index contributed by atoms with van der Waals surface area (Å²) in [5.41, 5.74) is 6.28. The molecule has 0 aliphatic heterocycles. The summed E-state index contributed by atoms with van der Waals surface area (Å²) in [5.74, 6) is 0.0776. The zero-order chi connectivity index (χ0) is 15.3. The summed E-state index contributed by atoms with van der Waals surface area (Å²) in [5, 5.41) is 9.33. The van der Waals surface area contributed by atoms with Crippen LogP contribution in [0.1, 0.15) is 59.8 Å². The Labute approximate surface area is 123 Å². The first-order valence-corrected chi connectivity index (χ1v) is 7.89. The number of likely N-dealkylation sites (N-methyl/N-ethyl adjacent to an activating group) is 1. The van der Waals surface area contributed by atoms with Crippen molar-refractivity contribution in [1.82, 2.24) is 4.90 Å². The van der Waals surface area contributed by atoms with E-state index in [4.69, 9.17) is 5.73 Å². The van der Waals surface area contributed by atoms with Gasteiger partial charge in [-0.05, 0) is 37.5 Å². The Balaban J connectivity index is 2.93. The second kappa shape index (κ2) is 7.08. The number of carbonyl (C=O) groups excluding carboxylic acids is 1. The number of rotatable bonds is 6. The topological polar surface area (TPSA) is 70.1 Å². The number of nitriles is 1. The van der Waals surface area contributed by atoms with Gasteiger partial charge in [0.15, 0.2) is 0 Å². The highest BCUT2D eigenvalue weighted by molar-refractivity contribution is 5.83. The number of carbonyl (C=O) groups is 1. The Morgan fingerprint density at radius 2 is 1.90 bits per heavy atom. The molecule has 2 atom stereocenters. The zero-order valence-corrected chi connectivity index (χ0v) is 13.4. The molecule has 0 spiro atoms. The highest BCUT2D eigenvalue weighted by Crippen LogP contribution is 2.43. The molecule has 0 saturated heterocycles. The Morgan fingerprint density at radius 3 is 2.25 bits per heavy atom. The van der Waals surface area contributed by atoms with E-state index < -0.39 is 6.04 Å². The predicted octanol–water partition coefficient (Wildman–Crippen LogP) is 2.68. The van der Waals surface area contributed by atoms with E-state index in [-0.39, 0.29) is 23.3 Å². The molecule has 1 amide bonds. The van der Waals surface area contributed by atoms with Gasteiger partial charge >= 0.3 is 0 Å². The molecule has 0 radical (unpaired) electrons. The maximum absolute atomic E-state index is 12.8. The van der Waals surface area contributed by atoms with Crippen molar-refractivity contribution in [2.45, 2.75) is 71.9 Å². The molecule has 114 valence electrons. The van der Waals surface area contributed by atoms with E-state index in [9.17, 15) is 10.1 Å². The fraction of sp³-hybridized carbons (Fsp3) is 0.875. The lowest BCUT2D eigenvalue weighted by Crippen LogP contribution is -2.55. The first-order chi connectivity index (χ1) is 9.43. The summed E-state index contributed by atoms with van der Waals surface area (Å²) in [4.78, 5) is 14.5. The van der Waals surface area contributed by atoms with Gasteiger partial charge in [-0.3, -0.25) is 4.79 Å². The molecule has 20 heavy (non-hydrogen) atoms. The molecule has 4 nitrogen and oxygen atoms in total. The Hall–Kier alpha value is -1.08. The van der Waals surface area contributed by atoms with Crippen molar-refractivity contribution in [3.05, 3.63) is 0 Å². The Bertz CT molecular complexity index is 366. The van der Waals surface area contributed by atoms with Crippen LogP contribution in [0.15, 0.2) is 0 Å². The predicted molar refractivity (Wildman–Crippen MR) is 80.8 cm³/mol. The lowest BCUT2D eigenvalue weighted by molar-refractivity contribution is -0.137. The van der Waals surface area contributed by atoms with Crippen molar-refractivity contribution in [2.75, 3.05) is 6.54 Å². The van der Waals surface area contributed by atoms with Gasteiger partial charge < -0.3 is 10.6 Å². The van der Waals surface area contributed by atoms with E-state index in [1.807, 2.05) is 20.8 Å². The summed E-state index contributed by atoms with van der Waals surface area (Å²) >= 11 is 0. The average Bonchev–Trinajstić information content (AvgIpc) is 2.92. The first kappa shape index (κ1) is 17.0. The van der Waals surface area contributed by atoms with E-state index in [0.29, 0.717) is 6.54 Å². The molecule has 0 aromatic rings. The van der Waals surface area contributed by atoms with Crippen molar-refractivity contribution in [3.8, 4) is 6.07 Å². The van der Waals surface area contributed by atoms with E-state index in [1.165, 1.54) is 0 Å². The van der Waals surface area contributed by atoms with Crippen LogP contribution in [0.3, 0.4) is 0 Å². The van der Waals surface area contributed by atoms with E-state index in [2.05, 4.69) is 13.0 Å². The maximum atomic E-state index is 12.8. The fourth-order valence-corrected chi connectivity index (χ4v) is 3.47. The van der Waals surface area contributed by atoms with Gasteiger partial charge in [0.05, 0.1) is 12.1 Å². The zero-order valence-electron chi connectivity index (χ0n) is 13.4. The van der Waals surface area contributed by atoms with Gasteiger partial charge in [0.25, 0.3) is 0 Å². The molecule has 4 heteroatoms. The van der Waals surface area contributed by atoms with Crippen LogP contribution in [0.2, 0.25) is 0 Å². The molecule has 0 aromatic carbocycles. The van der Waals surface area contributed by atoms with Crippen LogP contribution in [0, 0.1) is 22.7 Å². The van der Waals surface area contributed by atoms with Crippen LogP contribution in [0.4, 0.5) is 0 Å². The average molecular weight is 279 g/mol. The highest BCUT2D eigenvalue weighted by atomic mass is 16.2. The molecular weight excluding hydrogens is 250 g/mol. The van der Waals surface area contributed by atoms with Crippen LogP contribution in [-0.4, -0.2) is 29.4 Å². The van der Waals surface area contributed by atoms with Crippen molar-refractivity contribution >= 4 is 5.91 Å². The summed E-state index contributed by atoms with van der Waals surface area (Å²) in [6, 6.07) is 1.41. The van der Waals surface area contributed by atoms with Gasteiger partial charge in [-0.15, -0.1) is 0 Å². The van der Waals surface area contributed by atoms with Gasteiger partial charge in [0, 0.05) is 6.54 Å². The highest BCUT2D eigenvalue weighted by Gasteiger charge is 2.43. The van der Waals surface area contributed by atoms with Crippen molar-refractivity contribution in [2.24, 2.45) is 17.1 Å². The molecule has 2 N–H and O–H groups in total. The minimum atomic E-state index is -0.468. The Kier molecular flexibility index (Phi) is 6.01. The van der Waals surface area contributed by atoms with Gasteiger partial charge in [-0.25, -0.2) is 0 Å². The van der Waals surface area contributed by atoms with Gasteiger partial charge in [0.1, 0.15) is 6.04 Å². The molecule has 1 fully saturated rings. The van der Waals surface area contributed by atoms with Crippen LogP contribution in [0.25, 0.3) is 0 Å². The number of hydrogen-bond acceptors (Lipinski definition) is 3. The van der Waals surface area contributed by atoms with Crippen molar-refractivity contribution in [1.29, 1.82) is 5.26 Å². The van der Waals surface area contributed by atoms with E-state index >= 15 is 0 Å². The second-order valence-electron chi connectivity index (χ2n) is 6.34. The molecule has 0 unspecified atom stereocenters. The van der Waals surface area contributed by atoms with Crippen LogP contribution < -0.4 is 5.73 Å². The summed E-state index contributed by atoms with van der Waals surface area (Å²) in [7, 11) is 0. The molecule has 1 rings (SSSR count). The number of amides is 1. The molecule has 0 aromatic heterocycles. The van der Waals surface area contributed by atoms with Gasteiger partial charge in [0.2, 0.25) is 5.91 Å². The third-order valence-electron chi connectivity index (χ3n) is 4.95. The van der Waals surface area contributed by atoms with E-state index in [0.717, 1.165) is 32.1 Å². The molecular formula is C16H29N3O. The second-order valence-corrected chi connectivity index (χ2v) is 6.34. The maximum Gasteiger partial charge on any atom is 0.241 e. The first-order valence-electron chi connectivity index (χ1n) is 7.89. The van der Waals surface area contributed by atoms with Gasteiger partial charge in [-0.2, -0.15) is 5.26 Å². The third-order valence-corrected chi connectivity index (χ3v) is 4.95. The fourth-order valence-electron chi connectivity index (χ4n) is 3.47. The van der Waals surface area contributed by atoms with E-state index in [1.54, 1.807) is 4.90 Å². The molecule has 1 saturated carbocycles. The largest absolute Gasteiger partial charge is 0.325 e. The van der Waals surface area contributed by atoms with Gasteiger partial charge in [-0.1, -0.05) is 33.6 Å². The van der Waals surface area contributed by atoms with Crippen molar-refractivity contribution < 1.29 is 4.79 Å². The molecule has 1 aliphatic carbocycles. The van der Waals surface area contributed by atoms with Crippen LogP contribution in [-0.2, 0) is 4.79 Å². The molecule has 0 heterocycles. The minimum Gasteiger partial charge on any atom is -0.325 e. The standard InChI is InChI=1S/C16H29N3O/c1-5-16(9-7-8-10-16)14(18)15(20)19(6-2)13(11-17)12(3)4/h12-14H,5-10,18H2,1-4H3/t13-,14-/m1/s1. The Morgan fingerprint density at radius 1 is 1.35 bits per heavy atom. The normalized spacial score (nSPS) is 20.4. The number of nitrogens with zero attached hydrogens (tertiary/aromatic N) is 2. The minimum absolute atomic E-state index is 0.0449. The summed E-state index contributed by atoms with van der Waals surface area (Å²) in [6.07, 6.45) is 5.33. The van der Waals surface area contributed by atoms with Crippen LogP contribution >= 0.6 is 0 Å². The lowest BCUT2D eigenvalue weighted by atomic mass is 9.76. The van der Waals surface area contributed by atoms with Crippen molar-refractivity contribution in [3.63, 3.8) is 0 Å². The number of nitrogens with two attached hydrogens (primary N) is 1. The molecule has 1 aliphatic rings. The lowest BCUT2D eigenvalue weighted by Gasteiger charge is -2.38. The SMILES string of the molecule is CCN(C(=O)[C@@H](N)C1(CC)CCCC1)[C@H](C#N)C(C)C. The number of hydrogen-bond donors (Lipinski definition) is 1. The monoisotopic (exact) mass is 279 g/mol. The summed E-state index contributed by atoms with van der Waals surface area (Å²) < 4.78 is 0. The third kappa shape index (κ3) is 3.15. The van der Waals surface area contributed by atoms with Crippen LogP contribution in [0.5, 0.6) is 0 Å². The summed E-state index contributed by atoms with van der Waals surface area (Å²) in [6.45, 7) is 8.54. The molecule has 0 bridgehead atoms.